The minimum Gasteiger partial charge on any atom is -0.469 e. The van der Waals surface area contributed by atoms with Crippen LogP contribution in [-0.2, 0) is 18.4 Å². The number of furan rings is 2. The lowest BCUT2D eigenvalue weighted by molar-refractivity contribution is 0.0428. The van der Waals surface area contributed by atoms with Crippen LogP contribution in [0.5, 0.6) is 0 Å². The first-order valence-corrected chi connectivity index (χ1v) is 10.3. The van der Waals surface area contributed by atoms with Crippen LogP contribution in [-0.4, -0.2) is 30.7 Å². The lowest BCUT2D eigenvalue weighted by Gasteiger charge is -2.20. The first-order valence-electron chi connectivity index (χ1n) is 9.39. The first kappa shape index (κ1) is 20.2. The van der Waals surface area contributed by atoms with E-state index < -0.39 is 5.60 Å². The van der Waals surface area contributed by atoms with E-state index >= 15 is 0 Å². The SMILES string of the molecule is Cc1ccc(C(C)(O)CN=C(NCCc2ccco2)NCCc2cccs2)o1. The molecule has 0 radical (unpaired) electrons. The van der Waals surface area contributed by atoms with Gasteiger partial charge in [-0.25, -0.2) is 4.99 Å². The van der Waals surface area contributed by atoms with Crippen molar-refractivity contribution in [3.63, 3.8) is 0 Å². The summed E-state index contributed by atoms with van der Waals surface area (Å²) in [6.07, 6.45) is 3.35. The van der Waals surface area contributed by atoms with E-state index in [0.29, 0.717) is 18.3 Å². The number of nitrogens with zero attached hydrogens (tertiary/aromatic N) is 1. The topological polar surface area (TPSA) is 82.9 Å². The third-order valence-electron chi connectivity index (χ3n) is 4.30. The Balaban J connectivity index is 1.58. The molecule has 6 nitrogen and oxygen atoms in total. The van der Waals surface area contributed by atoms with Crippen LogP contribution in [0.25, 0.3) is 0 Å². The molecule has 3 aromatic rings. The fourth-order valence-electron chi connectivity index (χ4n) is 2.73. The number of hydrogen-bond acceptors (Lipinski definition) is 5. The molecule has 0 amide bonds. The third kappa shape index (κ3) is 6.00. The summed E-state index contributed by atoms with van der Waals surface area (Å²) < 4.78 is 10.9. The van der Waals surface area contributed by atoms with Crippen molar-refractivity contribution >= 4 is 17.3 Å². The molecule has 0 bridgehead atoms. The van der Waals surface area contributed by atoms with E-state index in [1.54, 1.807) is 30.6 Å². The second-order valence-electron chi connectivity index (χ2n) is 6.86. The number of hydrogen-bond donors (Lipinski definition) is 3. The standard InChI is InChI=1S/C21H27N3O3S/c1-16-7-8-19(27-16)21(2,25)15-24-20(22-11-9-17-5-3-13-26-17)23-12-10-18-6-4-14-28-18/h3-8,13-14,25H,9-12,15H2,1-2H3,(H2,22,23,24). The van der Waals surface area contributed by atoms with Crippen molar-refractivity contribution in [1.29, 1.82) is 0 Å². The van der Waals surface area contributed by atoms with Crippen LogP contribution in [0.2, 0.25) is 0 Å². The molecule has 0 spiro atoms. The number of nitrogens with one attached hydrogen (secondary N) is 2. The Morgan fingerprint density at radius 3 is 2.61 bits per heavy atom. The van der Waals surface area contributed by atoms with Gasteiger partial charge in [0.15, 0.2) is 5.96 Å². The van der Waals surface area contributed by atoms with Crippen molar-refractivity contribution in [2.75, 3.05) is 19.6 Å². The lowest BCUT2D eigenvalue weighted by Crippen LogP contribution is -2.40. The molecule has 28 heavy (non-hydrogen) atoms. The van der Waals surface area contributed by atoms with E-state index in [0.717, 1.165) is 30.9 Å². The Bertz CT molecular complexity index is 809. The molecule has 0 saturated heterocycles. The number of aliphatic imine (C=N–C) groups is 1. The molecule has 3 rings (SSSR count). The highest BCUT2D eigenvalue weighted by atomic mass is 32.1. The molecule has 1 unspecified atom stereocenters. The molecule has 0 fully saturated rings. The molecule has 0 aliphatic rings. The van der Waals surface area contributed by atoms with Crippen molar-refractivity contribution in [2.24, 2.45) is 4.99 Å². The number of thiophene rings is 1. The van der Waals surface area contributed by atoms with Crippen LogP contribution in [0.1, 0.15) is 29.1 Å². The van der Waals surface area contributed by atoms with Crippen molar-refractivity contribution < 1.29 is 13.9 Å². The summed E-state index contributed by atoms with van der Waals surface area (Å²) in [5.41, 5.74) is -1.17. The van der Waals surface area contributed by atoms with Gasteiger partial charge in [0.25, 0.3) is 0 Å². The minimum absolute atomic E-state index is 0.190. The number of aliphatic hydroxyl groups is 1. The van der Waals surface area contributed by atoms with E-state index in [2.05, 4.69) is 33.1 Å². The molecule has 1 atom stereocenters. The Labute approximate surface area is 169 Å². The third-order valence-corrected chi connectivity index (χ3v) is 5.24. The number of guanidine groups is 1. The van der Waals surface area contributed by atoms with Crippen molar-refractivity contribution in [3.05, 3.63) is 70.2 Å². The van der Waals surface area contributed by atoms with E-state index in [9.17, 15) is 5.11 Å². The van der Waals surface area contributed by atoms with Gasteiger partial charge in [-0.2, -0.15) is 0 Å². The van der Waals surface area contributed by atoms with Crippen LogP contribution in [0.4, 0.5) is 0 Å². The van der Waals surface area contributed by atoms with E-state index in [-0.39, 0.29) is 6.54 Å². The van der Waals surface area contributed by atoms with Gasteiger partial charge in [-0.3, -0.25) is 0 Å². The highest BCUT2D eigenvalue weighted by Gasteiger charge is 2.26. The van der Waals surface area contributed by atoms with E-state index in [4.69, 9.17) is 8.83 Å². The predicted octanol–water partition coefficient (Wildman–Crippen LogP) is 3.47. The Hall–Kier alpha value is -2.51. The first-order chi connectivity index (χ1) is 13.5. The normalized spacial score (nSPS) is 14.0. The van der Waals surface area contributed by atoms with Gasteiger partial charge in [0, 0.05) is 24.4 Å². The van der Waals surface area contributed by atoms with Crippen LogP contribution in [0, 0.1) is 6.92 Å². The van der Waals surface area contributed by atoms with Gasteiger partial charge in [-0.05, 0) is 56.0 Å². The highest BCUT2D eigenvalue weighted by molar-refractivity contribution is 7.09. The summed E-state index contributed by atoms with van der Waals surface area (Å²) in [5.74, 6) is 2.86. The van der Waals surface area contributed by atoms with Crippen molar-refractivity contribution in [2.45, 2.75) is 32.3 Å². The summed E-state index contributed by atoms with van der Waals surface area (Å²) in [7, 11) is 0. The summed E-state index contributed by atoms with van der Waals surface area (Å²) in [6, 6.07) is 11.6. The molecule has 0 aliphatic carbocycles. The monoisotopic (exact) mass is 401 g/mol. The minimum atomic E-state index is -1.17. The second kappa shape index (κ2) is 9.61. The average molecular weight is 402 g/mol. The zero-order valence-electron chi connectivity index (χ0n) is 16.3. The quantitative estimate of drug-likeness (QED) is 0.378. The van der Waals surface area contributed by atoms with Gasteiger partial charge in [0.1, 0.15) is 22.9 Å². The van der Waals surface area contributed by atoms with Crippen molar-refractivity contribution in [1.82, 2.24) is 10.6 Å². The number of aryl methyl sites for hydroxylation is 1. The fraction of sp³-hybridized carbons (Fsp3) is 0.381. The van der Waals surface area contributed by atoms with Gasteiger partial charge in [-0.15, -0.1) is 11.3 Å². The van der Waals surface area contributed by atoms with Gasteiger partial charge < -0.3 is 24.6 Å². The highest BCUT2D eigenvalue weighted by Crippen LogP contribution is 2.23. The predicted molar refractivity (Wildman–Crippen MR) is 112 cm³/mol. The largest absolute Gasteiger partial charge is 0.469 e. The zero-order valence-corrected chi connectivity index (χ0v) is 17.1. The van der Waals surface area contributed by atoms with Gasteiger partial charge >= 0.3 is 0 Å². The Morgan fingerprint density at radius 2 is 1.96 bits per heavy atom. The molecular weight excluding hydrogens is 374 g/mol. The number of rotatable bonds is 9. The maximum Gasteiger partial charge on any atom is 0.191 e. The molecule has 0 saturated carbocycles. The van der Waals surface area contributed by atoms with Crippen LogP contribution >= 0.6 is 11.3 Å². The molecule has 0 aliphatic heterocycles. The van der Waals surface area contributed by atoms with Crippen LogP contribution < -0.4 is 10.6 Å². The van der Waals surface area contributed by atoms with Crippen molar-refractivity contribution in [3.8, 4) is 0 Å². The molecule has 150 valence electrons. The average Bonchev–Trinajstić information content (AvgIpc) is 3.42. The van der Waals surface area contributed by atoms with Crippen LogP contribution in [0.3, 0.4) is 0 Å². The molecule has 3 aromatic heterocycles. The molecule has 3 N–H and O–H groups in total. The Kier molecular flexibility index (Phi) is 6.95. The van der Waals surface area contributed by atoms with E-state index in [1.165, 1.54) is 4.88 Å². The summed E-state index contributed by atoms with van der Waals surface area (Å²) >= 11 is 1.74. The maximum absolute atomic E-state index is 10.7. The van der Waals surface area contributed by atoms with Gasteiger partial charge in [0.2, 0.25) is 0 Å². The fourth-order valence-corrected chi connectivity index (χ4v) is 3.44. The van der Waals surface area contributed by atoms with E-state index in [1.807, 2.05) is 25.1 Å². The summed E-state index contributed by atoms with van der Waals surface area (Å²) in [6.45, 7) is 5.20. The lowest BCUT2D eigenvalue weighted by atomic mass is 10.0. The molecule has 0 aromatic carbocycles. The van der Waals surface area contributed by atoms with Crippen LogP contribution in [0.15, 0.2) is 61.9 Å². The molecule has 7 heteroatoms. The second-order valence-corrected chi connectivity index (χ2v) is 7.89. The van der Waals surface area contributed by atoms with Gasteiger partial charge in [0.05, 0.1) is 12.8 Å². The zero-order chi connectivity index (χ0) is 19.8. The Morgan fingerprint density at radius 1 is 1.14 bits per heavy atom. The molecule has 3 heterocycles. The molecular formula is C21H27N3O3S. The summed E-state index contributed by atoms with van der Waals surface area (Å²) in [5, 5.41) is 19.5. The van der Waals surface area contributed by atoms with Gasteiger partial charge in [-0.1, -0.05) is 6.07 Å². The summed E-state index contributed by atoms with van der Waals surface area (Å²) in [4.78, 5) is 5.90. The maximum atomic E-state index is 10.7. The smallest absolute Gasteiger partial charge is 0.191 e.